The lowest BCUT2D eigenvalue weighted by Crippen LogP contribution is -2.13. The first-order valence-corrected chi connectivity index (χ1v) is 10.3. The summed E-state index contributed by atoms with van der Waals surface area (Å²) < 4.78 is 6.22. The van der Waals surface area contributed by atoms with E-state index in [0.717, 1.165) is 27.1 Å². The minimum Gasteiger partial charge on any atom is -0.508 e. The van der Waals surface area contributed by atoms with E-state index in [1.807, 2.05) is 66.7 Å². The normalized spacial score (nSPS) is 14.6. The van der Waals surface area contributed by atoms with E-state index in [-0.39, 0.29) is 11.4 Å². The Balaban J connectivity index is 1.77. The smallest absolute Gasteiger partial charge is 0.270 e. The summed E-state index contributed by atoms with van der Waals surface area (Å²) in [5.74, 6) is 0.941. The Bertz CT molecular complexity index is 1510. The second kappa shape index (κ2) is 6.82. The Morgan fingerprint density at radius 1 is 0.750 bits per heavy atom. The Morgan fingerprint density at radius 2 is 1.38 bits per heavy atom. The first-order chi connectivity index (χ1) is 15.6. The number of hydrogen-bond acceptors (Lipinski definition) is 4. The number of nitrogens with zero attached hydrogens (tertiary/aromatic N) is 1. The highest BCUT2D eigenvalue weighted by molar-refractivity contribution is 5.94. The van der Waals surface area contributed by atoms with Gasteiger partial charge < -0.3 is 9.84 Å². The average Bonchev–Trinajstić information content (AvgIpc) is 2.82. The second-order valence-corrected chi connectivity index (χ2v) is 7.93. The monoisotopic (exact) mass is 419 g/mol. The van der Waals surface area contributed by atoms with Gasteiger partial charge in [0.1, 0.15) is 17.2 Å². The number of aromatic hydroxyl groups is 1. The highest BCUT2D eigenvalue weighted by atomic mass is 16.6. The molecule has 0 saturated heterocycles. The van der Waals surface area contributed by atoms with E-state index in [9.17, 15) is 15.2 Å². The summed E-state index contributed by atoms with van der Waals surface area (Å²) in [5, 5.41) is 26.6. The number of rotatable bonds is 2. The summed E-state index contributed by atoms with van der Waals surface area (Å²) in [4.78, 5) is 11.2. The molecule has 32 heavy (non-hydrogen) atoms. The summed E-state index contributed by atoms with van der Waals surface area (Å²) in [6, 6.07) is 28.0. The number of nitro groups is 1. The quantitative estimate of drug-likeness (QED) is 0.245. The van der Waals surface area contributed by atoms with Crippen molar-refractivity contribution < 1.29 is 14.8 Å². The lowest BCUT2D eigenvalue weighted by molar-refractivity contribution is -0.384. The van der Waals surface area contributed by atoms with Crippen LogP contribution in [0.5, 0.6) is 17.2 Å². The Labute approximate surface area is 183 Å². The van der Waals surface area contributed by atoms with Crippen molar-refractivity contribution in [3.05, 3.63) is 118 Å². The van der Waals surface area contributed by atoms with Gasteiger partial charge in [-0.1, -0.05) is 60.7 Å². The van der Waals surface area contributed by atoms with Gasteiger partial charge in [0.2, 0.25) is 0 Å². The SMILES string of the molecule is O=[N+]([O-])c1ccc2c(c1)C(c1c(O)ccc3ccccc13)c1c(ccc3ccccc13)O2. The molecular formula is C27H17NO4. The molecule has 5 aromatic carbocycles. The second-order valence-electron chi connectivity index (χ2n) is 7.93. The van der Waals surface area contributed by atoms with Crippen molar-refractivity contribution in [2.24, 2.45) is 0 Å². The molecule has 5 heteroatoms. The molecule has 1 heterocycles. The summed E-state index contributed by atoms with van der Waals surface area (Å²) >= 11 is 0. The van der Waals surface area contributed by atoms with Gasteiger partial charge >= 0.3 is 0 Å². The molecule has 1 atom stereocenters. The van der Waals surface area contributed by atoms with Gasteiger partial charge in [-0.25, -0.2) is 0 Å². The number of hydrogen-bond donors (Lipinski definition) is 1. The van der Waals surface area contributed by atoms with E-state index in [1.165, 1.54) is 6.07 Å². The fourth-order valence-electron chi connectivity index (χ4n) is 4.79. The zero-order chi connectivity index (χ0) is 21.8. The van der Waals surface area contributed by atoms with Gasteiger partial charge in [0, 0.05) is 34.7 Å². The highest BCUT2D eigenvalue weighted by Crippen LogP contribution is 2.53. The number of benzene rings is 5. The van der Waals surface area contributed by atoms with Crippen LogP contribution < -0.4 is 4.74 Å². The Morgan fingerprint density at radius 3 is 2.09 bits per heavy atom. The standard InChI is InChI=1S/C27H17NO4/c29-22-12-9-16-5-1-3-7-19(16)25(22)27-21-15-18(28(30)31)11-14-23(21)32-24-13-10-17-6-2-4-8-20(17)26(24)27/h1-15,27,29H. The zero-order valence-electron chi connectivity index (χ0n) is 16.9. The number of phenolic OH excluding ortho intramolecular Hbond substituents is 1. The molecule has 0 aliphatic carbocycles. The summed E-state index contributed by atoms with van der Waals surface area (Å²) in [7, 11) is 0. The van der Waals surface area contributed by atoms with Crippen LogP contribution >= 0.6 is 0 Å². The van der Waals surface area contributed by atoms with Crippen LogP contribution in [0.3, 0.4) is 0 Å². The van der Waals surface area contributed by atoms with Crippen molar-refractivity contribution in [2.45, 2.75) is 5.92 Å². The van der Waals surface area contributed by atoms with E-state index in [1.54, 1.807) is 18.2 Å². The third-order valence-electron chi connectivity index (χ3n) is 6.19. The minimum atomic E-state index is -0.439. The van der Waals surface area contributed by atoms with Gasteiger partial charge in [-0.05, 0) is 39.7 Å². The van der Waals surface area contributed by atoms with E-state index >= 15 is 0 Å². The number of phenols is 1. The van der Waals surface area contributed by atoms with E-state index < -0.39 is 10.8 Å². The first-order valence-electron chi connectivity index (χ1n) is 10.3. The van der Waals surface area contributed by atoms with Crippen molar-refractivity contribution >= 4 is 27.2 Å². The van der Waals surface area contributed by atoms with Crippen LogP contribution in [0.15, 0.2) is 91.0 Å². The van der Waals surface area contributed by atoms with Crippen molar-refractivity contribution in [3.8, 4) is 17.2 Å². The molecule has 0 fully saturated rings. The molecular weight excluding hydrogens is 402 g/mol. The molecule has 5 aromatic rings. The number of nitro benzene ring substituents is 1. The first kappa shape index (κ1) is 18.4. The molecule has 0 spiro atoms. The van der Waals surface area contributed by atoms with Gasteiger partial charge in [0.05, 0.1) is 4.92 Å². The third kappa shape index (κ3) is 2.65. The van der Waals surface area contributed by atoms with Crippen LogP contribution in [-0.4, -0.2) is 10.0 Å². The maximum atomic E-state index is 11.6. The Hall–Kier alpha value is -4.38. The fourth-order valence-corrected chi connectivity index (χ4v) is 4.79. The summed E-state index contributed by atoms with van der Waals surface area (Å²) in [6.45, 7) is 0. The maximum Gasteiger partial charge on any atom is 0.270 e. The molecule has 0 saturated carbocycles. The van der Waals surface area contributed by atoms with E-state index in [2.05, 4.69) is 0 Å². The maximum absolute atomic E-state index is 11.6. The number of fused-ring (bicyclic) bond motifs is 5. The molecule has 0 aromatic heterocycles. The van der Waals surface area contributed by atoms with Crippen LogP contribution in [-0.2, 0) is 0 Å². The van der Waals surface area contributed by atoms with Crippen molar-refractivity contribution in [3.63, 3.8) is 0 Å². The van der Waals surface area contributed by atoms with Crippen molar-refractivity contribution in [1.82, 2.24) is 0 Å². The van der Waals surface area contributed by atoms with Gasteiger partial charge in [0.15, 0.2) is 0 Å². The minimum absolute atomic E-state index is 0.0132. The molecule has 1 N–H and O–H groups in total. The van der Waals surface area contributed by atoms with Crippen LogP contribution in [0.4, 0.5) is 5.69 Å². The van der Waals surface area contributed by atoms with Crippen molar-refractivity contribution in [2.75, 3.05) is 0 Å². The van der Waals surface area contributed by atoms with Gasteiger partial charge in [-0.2, -0.15) is 0 Å². The molecule has 0 radical (unpaired) electrons. The molecule has 0 bridgehead atoms. The van der Waals surface area contributed by atoms with Crippen LogP contribution in [0.25, 0.3) is 21.5 Å². The number of non-ortho nitro benzene ring substituents is 1. The molecule has 1 unspecified atom stereocenters. The van der Waals surface area contributed by atoms with Crippen LogP contribution in [0, 0.1) is 10.1 Å². The predicted molar refractivity (Wildman–Crippen MR) is 124 cm³/mol. The molecule has 5 nitrogen and oxygen atoms in total. The molecule has 0 amide bonds. The van der Waals surface area contributed by atoms with Crippen LogP contribution in [0.2, 0.25) is 0 Å². The fraction of sp³-hybridized carbons (Fsp3) is 0.0370. The molecule has 6 rings (SSSR count). The molecule has 1 aliphatic rings. The van der Waals surface area contributed by atoms with Gasteiger partial charge in [0.25, 0.3) is 5.69 Å². The van der Waals surface area contributed by atoms with E-state index in [0.29, 0.717) is 22.6 Å². The van der Waals surface area contributed by atoms with E-state index in [4.69, 9.17) is 4.74 Å². The van der Waals surface area contributed by atoms with Gasteiger partial charge in [-0.15, -0.1) is 0 Å². The summed E-state index contributed by atoms with van der Waals surface area (Å²) in [5.41, 5.74) is 2.25. The van der Waals surface area contributed by atoms with Crippen molar-refractivity contribution in [1.29, 1.82) is 0 Å². The highest BCUT2D eigenvalue weighted by Gasteiger charge is 2.34. The van der Waals surface area contributed by atoms with Gasteiger partial charge in [-0.3, -0.25) is 10.1 Å². The lowest BCUT2D eigenvalue weighted by Gasteiger charge is -2.31. The Kier molecular flexibility index (Phi) is 3.92. The third-order valence-corrected chi connectivity index (χ3v) is 6.19. The molecule has 154 valence electrons. The molecule has 1 aliphatic heterocycles. The lowest BCUT2D eigenvalue weighted by atomic mass is 9.78. The summed E-state index contributed by atoms with van der Waals surface area (Å²) in [6.07, 6.45) is 0. The van der Waals surface area contributed by atoms with Crippen LogP contribution in [0.1, 0.15) is 22.6 Å². The average molecular weight is 419 g/mol. The number of ether oxygens (including phenoxy) is 1. The predicted octanol–water partition coefficient (Wildman–Crippen LogP) is 6.89. The topological polar surface area (TPSA) is 72.6 Å². The zero-order valence-corrected chi connectivity index (χ0v) is 16.9. The largest absolute Gasteiger partial charge is 0.508 e.